The Kier molecular flexibility index (Phi) is 5.79. The molecule has 1 saturated carbocycles. The minimum atomic E-state index is -0.439. The fourth-order valence-electron chi connectivity index (χ4n) is 3.27. The summed E-state index contributed by atoms with van der Waals surface area (Å²) in [5.74, 6) is 0.154. The molecular formula is C19H26N2OS. The molecule has 0 aliphatic heterocycles. The molecule has 4 heteroatoms. The van der Waals surface area contributed by atoms with E-state index in [9.17, 15) is 5.11 Å². The molecule has 1 aromatic carbocycles. The van der Waals surface area contributed by atoms with Gasteiger partial charge in [-0.3, -0.25) is 0 Å². The van der Waals surface area contributed by atoms with Gasteiger partial charge in [-0.2, -0.15) is 0 Å². The number of aromatic nitrogens is 2. The summed E-state index contributed by atoms with van der Waals surface area (Å²) in [5.41, 5.74) is 1.01. The molecule has 23 heavy (non-hydrogen) atoms. The number of thioether (sulfide) groups is 1. The van der Waals surface area contributed by atoms with Gasteiger partial charge in [0.1, 0.15) is 0 Å². The van der Waals surface area contributed by atoms with Crippen LogP contribution in [0.25, 0.3) is 0 Å². The van der Waals surface area contributed by atoms with Gasteiger partial charge in [0.05, 0.1) is 12.4 Å². The van der Waals surface area contributed by atoms with Crippen LogP contribution in [0.15, 0.2) is 47.9 Å². The summed E-state index contributed by atoms with van der Waals surface area (Å²) in [4.78, 5) is 5.38. The second-order valence-corrected chi connectivity index (χ2v) is 8.00. The molecule has 1 heterocycles. The van der Waals surface area contributed by atoms with Gasteiger partial charge in [0.25, 0.3) is 0 Å². The van der Waals surface area contributed by atoms with Crippen LogP contribution in [-0.2, 0) is 6.54 Å². The van der Waals surface area contributed by atoms with Crippen molar-refractivity contribution >= 4 is 11.8 Å². The van der Waals surface area contributed by atoms with Gasteiger partial charge in [-0.05, 0) is 30.5 Å². The van der Waals surface area contributed by atoms with E-state index in [-0.39, 0.29) is 5.92 Å². The van der Waals surface area contributed by atoms with E-state index >= 15 is 0 Å². The number of imidazole rings is 1. The van der Waals surface area contributed by atoms with Crippen LogP contribution < -0.4 is 0 Å². The van der Waals surface area contributed by atoms with Gasteiger partial charge >= 0.3 is 0 Å². The van der Waals surface area contributed by atoms with Crippen molar-refractivity contribution in [1.82, 2.24) is 9.55 Å². The number of aliphatic hydroxyl groups excluding tert-OH is 1. The highest BCUT2D eigenvalue weighted by atomic mass is 32.2. The molecule has 1 aliphatic carbocycles. The topological polar surface area (TPSA) is 38.0 Å². The molecule has 0 bridgehead atoms. The highest BCUT2D eigenvalue weighted by molar-refractivity contribution is 8.00. The van der Waals surface area contributed by atoms with E-state index in [1.165, 1.54) is 37.0 Å². The van der Waals surface area contributed by atoms with Crippen molar-refractivity contribution in [3.63, 3.8) is 0 Å². The first-order valence-electron chi connectivity index (χ1n) is 8.63. The van der Waals surface area contributed by atoms with Gasteiger partial charge in [0, 0.05) is 35.0 Å². The maximum absolute atomic E-state index is 10.6. The molecule has 2 aromatic rings. The van der Waals surface area contributed by atoms with Gasteiger partial charge in [-0.1, -0.05) is 38.3 Å². The van der Waals surface area contributed by atoms with E-state index in [4.69, 9.17) is 0 Å². The third-order valence-electron chi connectivity index (χ3n) is 4.67. The Morgan fingerprint density at radius 2 is 1.96 bits per heavy atom. The van der Waals surface area contributed by atoms with E-state index in [0.29, 0.717) is 0 Å². The number of rotatable bonds is 6. The average Bonchev–Trinajstić information content (AvgIpc) is 3.09. The quantitative estimate of drug-likeness (QED) is 0.836. The molecule has 3 rings (SSSR count). The van der Waals surface area contributed by atoms with Gasteiger partial charge < -0.3 is 9.67 Å². The monoisotopic (exact) mass is 330 g/mol. The predicted molar refractivity (Wildman–Crippen MR) is 95.5 cm³/mol. The molecule has 2 unspecified atom stereocenters. The van der Waals surface area contributed by atoms with Gasteiger partial charge in [0.15, 0.2) is 0 Å². The van der Waals surface area contributed by atoms with Crippen molar-refractivity contribution in [2.45, 2.75) is 61.8 Å². The molecule has 3 nitrogen and oxygen atoms in total. The van der Waals surface area contributed by atoms with Crippen LogP contribution in [0, 0.1) is 5.92 Å². The van der Waals surface area contributed by atoms with Crippen LogP contribution in [0.3, 0.4) is 0 Å². The highest BCUT2D eigenvalue weighted by Crippen LogP contribution is 2.34. The standard InChI is InChI=1S/C19H26N2OS/c1-15(13-21-12-11-20-14-21)19(22)16-7-9-18(10-8-16)23-17-5-3-2-4-6-17/h7-12,14-15,17,19,22H,2-6,13H2,1H3. The number of nitrogens with zero attached hydrogens (tertiary/aromatic N) is 2. The number of aliphatic hydroxyl groups is 1. The Labute approximate surface area is 143 Å². The molecular weight excluding hydrogens is 304 g/mol. The Morgan fingerprint density at radius 3 is 2.61 bits per heavy atom. The number of benzene rings is 1. The van der Waals surface area contributed by atoms with Crippen molar-refractivity contribution in [3.05, 3.63) is 48.5 Å². The molecule has 1 aromatic heterocycles. The lowest BCUT2D eigenvalue weighted by atomic mass is 9.97. The molecule has 124 valence electrons. The summed E-state index contributed by atoms with van der Waals surface area (Å²) in [6.07, 6.45) is 11.9. The third kappa shape index (κ3) is 4.61. The summed E-state index contributed by atoms with van der Waals surface area (Å²) >= 11 is 2.00. The second-order valence-electron chi connectivity index (χ2n) is 6.63. The Balaban J connectivity index is 1.57. The lowest BCUT2D eigenvalue weighted by molar-refractivity contribution is 0.107. The zero-order valence-electron chi connectivity index (χ0n) is 13.8. The van der Waals surface area contributed by atoms with Crippen molar-refractivity contribution < 1.29 is 5.11 Å². The Hall–Kier alpha value is -1.26. The first-order valence-corrected chi connectivity index (χ1v) is 9.51. The third-order valence-corrected chi connectivity index (χ3v) is 6.02. The summed E-state index contributed by atoms with van der Waals surface area (Å²) in [6.45, 7) is 2.86. The SMILES string of the molecule is CC(Cn1ccnc1)C(O)c1ccc(SC2CCCCC2)cc1. The van der Waals surface area contributed by atoms with Gasteiger partial charge in [-0.15, -0.1) is 11.8 Å². The van der Waals surface area contributed by atoms with Crippen LogP contribution in [0.5, 0.6) is 0 Å². The van der Waals surface area contributed by atoms with Crippen molar-refractivity contribution in [2.24, 2.45) is 5.92 Å². The van der Waals surface area contributed by atoms with Crippen LogP contribution >= 0.6 is 11.8 Å². The van der Waals surface area contributed by atoms with E-state index in [2.05, 4.69) is 36.2 Å². The minimum absolute atomic E-state index is 0.154. The molecule has 0 amide bonds. The zero-order chi connectivity index (χ0) is 16.1. The smallest absolute Gasteiger partial charge is 0.0946 e. The van der Waals surface area contributed by atoms with Gasteiger partial charge in [0.2, 0.25) is 0 Å². The first kappa shape index (κ1) is 16.6. The van der Waals surface area contributed by atoms with E-state index in [1.54, 1.807) is 12.5 Å². The second kappa shape index (κ2) is 8.02. The highest BCUT2D eigenvalue weighted by Gasteiger charge is 2.18. The molecule has 1 fully saturated rings. The van der Waals surface area contributed by atoms with Crippen LogP contribution in [0.1, 0.15) is 50.7 Å². The lowest BCUT2D eigenvalue weighted by Gasteiger charge is -2.22. The molecule has 0 spiro atoms. The fourth-order valence-corrected chi connectivity index (χ4v) is 4.52. The molecule has 0 saturated heterocycles. The number of hydrogen-bond donors (Lipinski definition) is 1. The largest absolute Gasteiger partial charge is 0.388 e. The molecule has 1 aliphatic rings. The fraction of sp³-hybridized carbons (Fsp3) is 0.526. The maximum Gasteiger partial charge on any atom is 0.0946 e. The van der Waals surface area contributed by atoms with Crippen molar-refractivity contribution in [3.8, 4) is 0 Å². The molecule has 2 atom stereocenters. The van der Waals surface area contributed by atoms with Gasteiger partial charge in [-0.25, -0.2) is 4.98 Å². The number of hydrogen-bond acceptors (Lipinski definition) is 3. The Bertz CT molecular complexity index is 576. The molecule has 0 radical (unpaired) electrons. The molecule has 1 N–H and O–H groups in total. The average molecular weight is 330 g/mol. The van der Waals surface area contributed by atoms with Crippen LogP contribution in [0.4, 0.5) is 0 Å². The van der Waals surface area contributed by atoms with Crippen molar-refractivity contribution in [1.29, 1.82) is 0 Å². The normalized spacial score (nSPS) is 18.7. The predicted octanol–water partition coefficient (Wildman–Crippen LogP) is 4.68. The van der Waals surface area contributed by atoms with E-state index in [1.807, 2.05) is 22.5 Å². The summed E-state index contributed by atoms with van der Waals surface area (Å²) in [5, 5.41) is 11.3. The van der Waals surface area contributed by atoms with Crippen molar-refractivity contribution in [2.75, 3.05) is 0 Å². The van der Waals surface area contributed by atoms with Crippen LogP contribution in [0.2, 0.25) is 0 Å². The lowest BCUT2D eigenvalue weighted by Crippen LogP contribution is -2.15. The minimum Gasteiger partial charge on any atom is -0.388 e. The summed E-state index contributed by atoms with van der Waals surface area (Å²) in [7, 11) is 0. The first-order chi connectivity index (χ1) is 11.2. The zero-order valence-corrected chi connectivity index (χ0v) is 14.6. The van der Waals surface area contributed by atoms with Crippen LogP contribution in [-0.4, -0.2) is 19.9 Å². The maximum atomic E-state index is 10.6. The van der Waals surface area contributed by atoms with E-state index in [0.717, 1.165) is 17.4 Å². The summed E-state index contributed by atoms with van der Waals surface area (Å²) in [6, 6.07) is 8.50. The summed E-state index contributed by atoms with van der Waals surface area (Å²) < 4.78 is 2.02. The Morgan fingerprint density at radius 1 is 1.22 bits per heavy atom. The van der Waals surface area contributed by atoms with E-state index < -0.39 is 6.10 Å².